The molecule has 1 amide bonds. The number of hydrogen-bond donors (Lipinski definition) is 1. The maximum Gasteiger partial charge on any atom is 0.243 e. The average molecular weight is 445 g/mol. The molecule has 0 aliphatic carbocycles. The largest absolute Gasteiger partial charge is 0.341 e. The number of piperidine rings is 1. The third-order valence-corrected chi connectivity index (χ3v) is 7.80. The van der Waals surface area contributed by atoms with Crippen LogP contribution in [0.2, 0.25) is 0 Å². The van der Waals surface area contributed by atoms with Crippen LogP contribution in [0.1, 0.15) is 12.8 Å². The van der Waals surface area contributed by atoms with Crippen molar-refractivity contribution in [3.8, 4) is 0 Å². The van der Waals surface area contributed by atoms with Gasteiger partial charge in [-0.15, -0.1) is 0 Å². The Morgan fingerprint density at radius 3 is 2.35 bits per heavy atom. The molecule has 3 heterocycles. The average Bonchev–Trinajstić information content (AvgIpc) is 2.80. The van der Waals surface area contributed by atoms with E-state index in [1.54, 1.807) is 42.7 Å². The van der Waals surface area contributed by atoms with Gasteiger partial charge in [-0.3, -0.25) is 4.79 Å². The molecule has 2 aromatic rings. The van der Waals surface area contributed by atoms with E-state index in [1.807, 2.05) is 7.05 Å². The fourth-order valence-corrected chi connectivity index (χ4v) is 5.42. The molecule has 2 saturated heterocycles. The Bertz CT molecular complexity index is 1000. The van der Waals surface area contributed by atoms with Crippen LogP contribution in [-0.4, -0.2) is 79.8 Å². The molecule has 0 saturated carbocycles. The van der Waals surface area contributed by atoms with E-state index in [9.17, 15) is 13.2 Å². The fraction of sp³-hybridized carbons (Fsp3) is 0.476. The summed E-state index contributed by atoms with van der Waals surface area (Å²) in [5.74, 6) is 0.476. The van der Waals surface area contributed by atoms with E-state index in [4.69, 9.17) is 0 Å². The van der Waals surface area contributed by atoms with Gasteiger partial charge in [0.15, 0.2) is 0 Å². The molecule has 2 fully saturated rings. The predicted molar refractivity (Wildman–Crippen MR) is 118 cm³/mol. The van der Waals surface area contributed by atoms with Crippen LogP contribution in [0.4, 0.5) is 11.6 Å². The standard InChI is InChI=1S/C21H28N6O3S/c1-25-12-14-27(15-13-25)31(29,30)19-5-2-4-18(16-19)24-20(28)17-6-10-26(11-7-17)21-22-8-3-9-23-21/h2-5,8-9,16-17H,6-7,10-15H2,1H3,(H,24,28). The molecule has 1 aromatic carbocycles. The first-order valence-electron chi connectivity index (χ1n) is 10.5. The van der Waals surface area contributed by atoms with Gasteiger partial charge >= 0.3 is 0 Å². The number of hydrogen-bond acceptors (Lipinski definition) is 7. The van der Waals surface area contributed by atoms with Gasteiger partial charge in [-0.25, -0.2) is 18.4 Å². The Labute approximate surface area is 183 Å². The molecule has 1 N–H and O–H groups in total. The number of piperazine rings is 1. The Kier molecular flexibility index (Phi) is 6.49. The highest BCUT2D eigenvalue weighted by atomic mass is 32.2. The second-order valence-electron chi connectivity index (χ2n) is 8.03. The molecular weight excluding hydrogens is 416 g/mol. The third kappa shape index (κ3) is 5.03. The van der Waals surface area contributed by atoms with Gasteiger partial charge in [-0.1, -0.05) is 6.07 Å². The summed E-state index contributed by atoms with van der Waals surface area (Å²) in [7, 11) is -1.59. The lowest BCUT2D eigenvalue weighted by atomic mass is 9.96. The molecule has 2 aliphatic heterocycles. The summed E-state index contributed by atoms with van der Waals surface area (Å²) < 4.78 is 27.5. The molecule has 2 aliphatic rings. The smallest absolute Gasteiger partial charge is 0.243 e. The molecule has 31 heavy (non-hydrogen) atoms. The number of aromatic nitrogens is 2. The summed E-state index contributed by atoms with van der Waals surface area (Å²) >= 11 is 0. The van der Waals surface area contributed by atoms with Crippen LogP contribution in [0.3, 0.4) is 0 Å². The fourth-order valence-electron chi connectivity index (χ4n) is 3.95. The van der Waals surface area contributed by atoms with Crippen molar-refractivity contribution >= 4 is 27.6 Å². The number of anilines is 2. The normalized spacial score (nSPS) is 19.3. The van der Waals surface area contributed by atoms with E-state index in [-0.39, 0.29) is 16.7 Å². The molecular formula is C21H28N6O3S. The molecule has 9 nitrogen and oxygen atoms in total. The van der Waals surface area contributed by atoms with Crippen molar-refractivity contribution in [3.63, 3.8) is 0 Å². The zero-order valence-electron chi connectivity index (χ0n) is 17.6. The third-order valence-electron chi connectivity index (χ3n) is 5.90. The van der Waals surface area contributed by atoms with E-state index in [0.717, 1.165) is 0 Å². The van der Waals surface area contributed by atoms with Gasteiger partial charge in [-0.05, 0) is 44.2 Å². The molecule has 4 rings (SSSR count). The lowest BCUT2D eigenvalue weighted by Crippen LogP contribution is -2.47. The van der Waals surface area contributed by atoms with Gasteiger partial charge in [0.05, 0.1) is 4.90 Å². The van der Waals surface area contributed by atoms with Crippen LogP contribution in [0.25, 0.3) is 0 Å². The highest BCUT2D eigenvalue weighted by molar-refractivity contribution is 7.89. The molecule has 10 heteroatoms. The number of likely N-dealkylation sites (N-methyl/N-ethyl adjacent to an activating group) is 1. The zero-order chi connectivity index (χ0) is 21.8. The first-order valence-corrected chi connectivity index (χ1v) is 12.0. The van der Waals surface area contributed by atoms with Gasteiger partial charge in [0.25, 0.3) is 0 Å². The van der Waals surface area contributed by atoms with Crippen molar-refractivity contribution in [1.82, 2.24) is 19.2 Å². The molecule has 0 radical (unpaired) electrons. The minimum atomic E-state index is -3.57. The van der Waals surface area contributed by atoms with Crippen molar-refractivity contribution < 1.29 is 13.2 Å². The van der Waals surface area contributed by atoms with Crippen molar-refractivity contribution in [2.45, 2.75) is 17.7 Å². The summed E-state index contributed by atoms with van der Waals surface area (Å²) in [6.07, 6.45) is 4.82. The van der Waals surface area contributed by atoms with Gasteiger partial charge in [0, 0.05) is 63.3 Å². The van der Waals surface area contributed by atoms with Crippen molar-refractivity contribution in [2.24, 2.45) is 5.92 Å². The van der Waals surface area contributed by atoms with Gasteiger partial charge in [-0.2, -0.15) is 4.31 Å². The van der Waals surface area contributed by atoms with E-state index >= 15 is 0 Å². The first-order chi connectivity index (χ1) is 14.9. The number of sulfonamides is 1. The predicted octanol–water partition coefficient (Wildman–Crippen LogP) is 1.27. The second kappa shape index (κ2) is 9.29. The van der Waals surface area contributed by atoms with Gasteiger partial charge in [0.1, 0.15) is 0 Å². The Morgan fingerprint density at radius 2 is 1.68 bits per heavy atom. The number of rotatable bonds is 5. The topological polar surface area (TPSA) is 98.7 Å². The maximum atomic E-state index is 13.0. The van der Waals surface area contributed by atoms with E-state index < -0.39 is 10.0 Å². The van der Waals surface area contributed by atoms with Crippen LogP contribution in [0, 0.1) is 5.92 Å². The van der Waals surface area contributed by atoms with Crippen LogP contribution in [-0.2, 0) is 14.8 Å². The summed E-state index contributed by atoms with van der Waals surface area (Å²) in [5.41, 5.74) is 0.508. The molecule has 0 spiro atoms. The first kappa shape index (κ1) is 21.7. The number of carbonyl (C=O) groups is 1. The molecule has 0 unspecified atom stereocenters. The van der Waals surface area contributed by atoms with Crippen LogP contribution >= 0.6 is 0 Å². The van der Waals surface area contributed by atoms with Crippen molar-refractivity contribution in [3.05, 3.63) is 42.7 Å². The number of nitrogens with one attached hydrogen (secondary N) is 1. The summed E-state index contributed by atoms with van der Waals surface area (Å²) in [4.78, 5) is 25.7. The number of amides is 1. The SMILES string of the molecule is CN1CCN(S(=O)(=O)c2cccc(NC(=O)C3CCN(c4ncccn4)CC3)c2)CC1. The van der Waals surface area contributed by atoms with E-state index in [2.05, 4.69) is 25.1 Å². The monoisotopic (exact) mass is 444 g/mol. The highest BCUT2D eigenvalue weighted by Gasteiger charge is 2.29. The quantitative estimate of drug-likeness (QED) is 0.741. The molecule has 0 atom stereocenters. The number of carbonyl (C=O) groups excluding carboxylic acids is 1. The van der Waals surface area contributed by atoms with Crippen LogP contribution in [0.5, 0.6) is 0 Å². The Hall–Kier alpha value is -2.56. The van der Waals surface area contributed by atoms with Gasteiger partial charge in [0.2, 0.25) is 21.9 Å². The van der Waals surface area contributed by atoms with E-state index in [0.29, 0.717) is 63.7 Å². The highest BCUT2D eigenvalue weighted by Crippen LogP contribution is 2.24. The minimum absolute atomic E-state index is 0.0808. The summed E-state index contributed by atoms with van der Waals surface area (Å²) in [5, 5.41) is 2.91. The lowest BCUT2D eigenvalue weighted by molar-refractivity contribution is -0.120. The summed E-state index contributed by atoms with van der Waals surface area (Å²) in [6, 6.07) is 8.32. The second-order valence-corrected chi connectivity index (χ2v) is 9.97. The zero-order valence-corrected chi connectivity index (χ0v) is 18.5. The van der Waals surface area contributed by atoms with Crippen LogP contribution < -0.4 is 10.2 Å². The van der Waals surface area contributed by atoms with Gasteiger partial charge < -0.3 is 15.1 Å². The maximum absolute atomic E-state index is 13.0. The van der Waals surface area contributed by atoms with E-state index in [1.165, 1.54) is 4.31 Å². The minimum Gasteiger partial charge on any atom is -0.341 e. The molecule has 166 valence electrons. The lowest BCUT2D eigenvalue weighted by Gasteiger charge is -2.32. The molecule has 0 bridgehead atoms. The Balaban J connectivity index is 1.37. The summed E-state index contributed by atoms with van der Waals surface area (Å²) in [6.45, 7) is 3.78. The van der Waals surface area contributed by atoms with Crippen LogP contribution in [0.15, 0.2) is 47.6 Å². The number of benzene rings is 1. The van der Waals surface area contributed by atoms with Crippen molar-refractivity contribution in [2.75, 3.05) is 56.5 Å². The van der Waals surface area contributed by atoms with Crippen molar-refractivity contribution in [1.29, 1.82) is 0 Å². The molecule has 1 aromatic heterocycles. The number of nitrogens with zero attached hydrogens (tertiary/aromatic N) is 5. The Morgan fingerprint density at radius 1 is 1.00 bits per heavy atom.